The summed E-state index contributed by atoms with van der Waals surface area (Å²) in [5, 5.41) is 2.89. The number of hydrogen-bond acceptors (Lipinski definition) is 2. The van der Waals surface area contributed by atoms with Crippen molar-refractivity contribution in [1.29, 1.82) is 0 Å². The van der Waals surface area contributed by atoms with Crippen LogP contribution >= 0.6 is 11.6 Å². The summed E-state index contributed by atoms with van der Waals surface area (Å²) in [4.78, 5) is 24.9. The van der Waals surface area contributed by atoms with E-state index in [2.05, 4.69) is 5.32 Å². The Labute approximate surface area is 138 Å². The van der Waals surface area contributed by atoms with Crippen LogP contribution in [0, 0.1) is 5.82 Å². The fourth-order valence-electron chi connectivity index (χ4n) is 2.15. The minimum atomic E-state index is -0.454. The number of halogens is 2. The SMILES string of the molecule is CC(=O)Nc1cccc(C(=O)N(C)Cc2c(F)cccc2Cl)c1. The zero-order chi connectivity index (χ0) is 17.0. The third kappa shape index (κ3) is 4.29. The first kappa shape index (κ1) is 17.0. The molecule has 0 aromatic heterocycles. The predicted molar refractivity (Wildman–Crippen MR) is 88.0 cm³/mol. The zero-order valence-corrected chi connectivity index (χ0v) is 13.5. The van der Waals surface area contributed by atoms with E-state index in [-0.39, 0.29) is 28.9 Å². The van der Waals surface area contributed by atoms with Gasteiger partial charge in [0.1, 0.15) is 5.82 Å². The van der Waals surface area contributed by atoms with Gasteiger partial charge in [-0.05, 0) is 30.3 Å². The minimum absolute atomic E-state index is 0.0503. The molecule has 0 atom stereocenters. The summed E-state index contributed by atoms with van der Waals surface area (Å²) in [5.74, 6) is -0.971. The van der Waals surface area contributed by atoms with Gasteiger partial charge < -0.3 is 10.2 Å². The minimum Gasteiger partial charge on any atom is -0.337 e. The van der Waals surface area contributed by atoms with Crippen LogP contribution in [0.3, 0.4) is 0 Å². The van der Waals surface area contributed by atoms with Crippen molar-refractivity contribution in [1.82, 2.24) is 4.90 Å². The van der Waals surface area contributed by atoms with Crippen molar-refractivity contribution >= 4 is 29.1 Å². The molecule has 6 heteroatoms. The Balaban J connectivity index is 2.18. The number of anilines is 1. The largest absolute Gasteiger partial charge is 0.337 e. The van der Waals surface area contributed by atoms with E-state index in [0.29, 0.717) is 11.3 Å². The third-order valence-corrected chi connectivity index (χ3v) is 3.59. The van der Waals surface area contributed by atoms with Crippen LogP contribution in [0.1, 0.15) is 22.8 Å². The van der Waals surface area contributed by atoms with E-state index in [1.807, 2.05) is 0 Å². The molecule has 0 radical (unpaired) electrons. The van der Waals surface area contributed by atoms with Crippen molar-refractivity contribution in [2.75, 3.05) is 12.4 Å². The normalized spacial score (nSPS) is 10.3. The second kappa shape index (κ2) is 7.24. The molecule has 0 saturated heterocycles. The van der Waals surface area contributed by atoms with E-state index in [9.17, 15) is 14.0 Å². The van der Waals surface area contributed by atoms with Gasteiger partial charge in [-0.3, -0.25) is 9.59 Å². The van der Waals surface area contributed by atoms with Crippen LogP contribution in [-0.4, -0.2) is 23.8 Å². The van der Waals surface area contributed by atoms with Crippen LogP contribution in [0.2, 0.25) is 5.02 Å². The van der Waals surface area contributed by atoms with Crippen LogP contribution < -0.4 is 5.32 Å². The molecule has 2 rings (SSSR count). The molecule has 0 aliphatic rings. The van der Waals surface area contributed by atoms with E-state index in [0.717, 1.165) is 0 Å². The van der Waals surface area contributed by atoms with Crippen molar-refractivity contribution in [2.45, 2.75) is 13.5 Å². The fourth-order valence-corrected chi connectivity index (χ4v) is 2.37. The van der Waals surface area contributed by atoms with Crippen LogP contribution in [0.15, 0.2) is 42.5 Å². The van der Waals surface area contributed by atoms with E-state index in [1.165, 1.54) is 24.0 Å². The van der Waals surface area contributed by atoms with Gasteiger partial charge in [0.25, 0.3) is 5.91 Å². The number of amides is 2. The second-order valence-electron chi connectivity index (χ2n) is 5.12. The first-order valence-electron chi connectivity index (χ1n) is 6.94. The molecule has 0 fully saturated rings. The quantitative estimate of drug-likeness (QED) is 0.926. The molecule has 0 unspecified atom stereocenters. The average molecular weight is 335 g/mol. The highest BCUT2D eigenvalue weighted by atomic mass is 35.5. The monoisotopic (exact) mass is 334 g/mol. The number of carbonyl (C=O) groups excluding carboxylic acids is 2. The maximum Gasteiger partial charge on any atom is 0.253 e. The average Bonchev–Trinajstić information content (AvgIpc) is 2.49. The number of carbonyl (C=O) groups is 2. The lowest BCUT2D eigenvalue weighted by Gasteiger charge is -2.19. The first-order valence-corrected chi connectivity index (χ1v) is 7.32. The highest BCUT2D eigenvalue weighted by Gasteiger charge is 2.16. The van der Waals surface area contributed by atoms with Crippen LogP contribution in [-0.2, 0) is 11.3 Å². The molecule has 2 aromatic rings. The van der Waals surface area contributed by atoms with Gasteiger partial charge in [-0.25, -0.2) is 4.39 Å². The Morgan fingerprint density at radius 2 is 1.91 bits per heavy atom. The number of rotatable bonds is 4. The number of benzene rings is 2. The molecule has 0 aliphatic heterocycles. The molecule has 4 nitrogen and oxygen atoms in total. The highest BCUT2D eigenvalue weighted by Crippen LogP contribution is 2.21. The summed E-state index contributed by atoms with van der Waals surface area (Å²) in [7, 11) is 1.57. The van der Waals surface area contributed by atoms with Gasteiger partial charge in [-0.15, -0.1) is 0 Å². The highest BCUT2D eigenvalue weighted by molar-refractivity contribution is 6.31. The number of hydrogen-bond donors (Lipinski definition) is 1. The summed E-state index contributed by atoms with van der Waals surface area (Å²) in [5.41, 5.74) is 1.19. The van der Waals surface area contributed by atoms with E-state index in [1.54, 1.807) is 37.4 Å². The maximum atomic E-state index is 13.8. The van der Waals surface area contributed by atoms with Crippen LogP contribution in [0.25, 0.3) is 0 Å². The van der Waals surface area contributed by atoms with E-state index in [4.69, 9.17) is 11.6 Å². The Bertz CT molecular complexity index is 729. The molecule has 1 N–H and O–H groups in total. The molecule has 23 heavy (non-hydrogen) atoms. The molecule has 2 amide bonds. The topological polar surface area (TPSA) is 49.4 Å². The summed E-state index contributed by atoms with van der Waals surface area (Å²) < 4.78 is 13.8. The third-order valence-electron chi connectivity index (χ3n) is 3.23. The molecular formula is C17H16ClFN2O2. The van der Waals surface area contributed by atoms with Crippen molar-refractivity contribution in [3.05, 3.63) is 64.4 Å². The molecule has 0 bridgehead atoms. The number of nitrogens with one attached hydrogen (secondary N) is 1. The van der Waals surface area contributed by atoms with Crippen molar-refractivity contribution in [3.8, 4) is 0 Å². The zero-order valence-electron chi connectivity index (χ0n) is 12.8. The van der Waals surface area contributed by atoms with Gasteiger partial charge in [0, 0.05) is 42.4 Å². The lowest BCUT2D eigenvalue weighted by Crippen LogP contribution is -2.27. The molecule has 0 saturated carbocycles. The Morgan fingerprint density at radius 1 is 1.22 bits per heavy atom. The van der Waals surface area contributed by atoms with Gasteiger partial charge in [0.05, 0.1) is 0 Å². The summed E-state index contributed by atoms with van der Waals surface area (Å²) in [6, 6.07) is 11.0. The van der Waals surface area contributed by atoms with Gasteiger partial charge in [-0.2, -0.15) is 0 Å². The first-order chi connectivity index (χ1) is 10.9. The Kier molecular flexibility index (Phi) is 5.34. The molecule has 0 spiro atoms. The van der Waals surface area contributed by atoms with E-state index >= 15 is 0 Å². The van der Waals surface area contributed by atoms with E-state index < -0.39 is 5.82 Å². The van der Waals surface area contributed by atoms with Crippen molar-refractivity contribution < 1.29 is 14.0 Å². The van der Waals surface area contributed by atoms with Gasteiger partial charge in [-0.1, -0.05) is 23.7 Å². The van der Waals surface area contributed by atoms with Crippen LogP contribution in [0.4, 0.5) is 10.1 Å². The second-order valence-corrected chi connectivity index (χ2v) is 5.53. The lowest BCUT2D eigenvalue weighted by atomic mass is 10.1. The summed E-state index contributed by atoms with van der Waals surface area (Å²) >= 11 is 5.98. The van der Waals surface area contributed by atoms with Crippen molar-refractivity contribution in [2.24, 2.45) is 0 Å². The van der Waals surface area contributed by atoms with Crippen molar-refractivity contribution in [3.63, 3.8) is 0 Å². The lowest BCUT2D eigenvalue weighted by molar-refractivity contribution is -0.114. The van der Waals surface area contributed by atoms with Gasteiger partial charge >= 0.3 is 0 Å². The smallest absolute Gasteiger partial charge is 0.253 e. The Hall–Kier alpha value is -2.40. The maximum absolute atomic E-state index is 13.8. The molecule has 0 aliphatic carbocycles. The molecular weight excluding hydrogens is 319 g/mol. The summed E-state index contributed by atoms with van der Waals surface area (Å²) in [6.45, 7) is 1.44. The molecule has 2 aromatic carbocycles. The van der Waals surface area contributed by atoms with Gasteiger partial charge in [0.15, 0.2) is 0 Å². The van der Waals surface area contributed by atoms with Gasteiger partial charge in [0.2, 0.25) is 5.91 Å². The standard InChI is InChI=1S/C17H16ClFN2O2/c1-11(22)20-13-6-3-5-12(9-13)17(23)21(2)10-14-15(18)7-4-8-16(14)19/h3-9H,10H2,1-2H3,(H,20,22). The fraction of sp³-hybridized carbons (Fsp3) is 0.176. The molecule has 120 valence electrons. The van der Waals surface area contributed by atoms with Crippen LogP contribution in [0.5, 0.6) is 0 Å². The predicted octanol–water partition coefficient (Wildman–Crippen LogP) is 3.71. The number of nitrogens with zero attached hydrogens (tertiary/aromatic N) is 1. The Morgan fingerprint density at radius 3 is 2.57 bits per heavy atom. The summed E-state index contributed by atoms with van der Waals surface area (Å²) in [6.07, 6.45) is 0. The molecule has 0 heterocycles.